The number of carbonyl (C=O) groups is 3. The van der Waals surface area contributed by atoms with E-state index in [0.29, 0.717) is 24.0 Å². The van der Waals surface area contributed by atoms with Gasteiger partial charge in [0.25, 0.3) is 0 Å². The van der Waals surface area contributed by atoms with Gasteiger partial charge in [-0.3, -0.25) is 14.4 Å². The maximum atomic E-state index is 16.0. The van der Waals surface area contributed by atoms with Crippen molar-refractivity contribution in [3.63, 3.8) is 0 Å². The van der Waals surface area contributed by atoms with Crippen LogP contribution in [0.3, 0.4) is 0 Å². The zero-order valence-corrected chi connectivity index (χ0v) is 29.7. The number of allylic oxidation sites excluding steroid dienone is 2. The van der Waals surface area contributed by atoms with Crippen molar-refractivity contribution in [1.29, 1.82) is 0 Å². The number of phenols is 3. The van der Waals surface area contributed by atoms with Crippen LogP contribution < -0.4 is 5.32 Å². The molecule has 13 atom stereocenters. The highest BCUT2D eigenvalue weighted by Gasteiger charge is 2.80. The Hall–Kier alpha value is -4.45. The predicted octanol–water partition coefficient (Wildman–Crippen LogP) is 4.76. The van der Waals surface area contributed by atoms with Gasteiger partial charge in [-0.2, -0.15) is 0 Å². The van der Waals surface area contributed by atoms with Crippen LogP contribution >= 0.6 is 0 Å². The molecule has 2 aromatic carbocycles. The van der Waals surface area contributed by atoms with Crippen molar-refractivity contribution in [3.8, 4) is 17.2 Å². The molecule has 0 radical (unpaired) electrons. The number of Topliss-reactive ketones (excluding diaryl/α,β-unsaturated/α-hetero) is 2. The van der Waals surface area contributed by atoms with Crippen LogP contribution in [0.4, 0.5) is 0 Å². The number of fused-ring (bicyclic) bond motifs is 11. The minimum Gasteiger partial charge on any atom is -0.504 e. The van der Waals surface area contributed by atoms with E-state index in [2.05, 4.69) is 10.3 Å². The number of aromatic hydroxyl groups is 3. The second-order valence-corrected chi connectivity index (χ2v) is 16.3. The number of hydrogen-bond donors (Lipinski definition) is 6. The molecule has 2 aliphatic carbocycles. The molecule has 52 heavy (non-hydrogen) atoms. The number of aliphatic hydroxyl groups is 1. The number of carbonyl (C=O) groups excluding carboxylic acids is 3. The Labute approximate surface area is 300 Å². The summed E-state index contributed by atoms with van der Waals surface area (Å²) in [5.74, 6) is -7.59. The molecule has 3 aromatic rings. The normalized spacial score (nSPS) is 42.1. The average Bonchev–Trinajstić information content (AvgIpc) is 3.48. The lowest BCUT2D eigenvalue weighted by atomic mass is 9.49. The molecule has 6 aliphatic rings. The lowest BCUT2D eigenvalue weighted by Crippen LogP contribution is -2.61. The van der Waals surface area contributed by atoms with Crippen LogP contribution in [-0.4, -0.2) is 66.7 Å². The van der Waals surface area contributed by atoms with Crippen molar-refractivity contribution >= 4 is 28.4 Å². The van der Waals surface area contributed by atoms with E-state index in [1.807, 2.05) is 69.5 Å². The number of ether oxygens (including phenoxy) is 2. The lowest BCUT2D eigenvalue weighted by Gasteiger charge is -2.48. The number of nitrogens with one attached hydrogen (secondary N) is 2. The molecule has 3 saturated heterocycles. The van der Waals surface area contributed by atoms with Crippen LogP contribution in [0.25, 0.3) is 10.9 Å². The number of aromatic amines is 1. The average molecular weight is 709 g/mol. The molecule has 11 unspecified atom stereocenters. The molecule has 2 bridgehead atoms. The minimum absolute atomic E-state index is 0.0811. The Morgan fingerprint density at radius 3 is 2.46 bits per heavy atom. The van der Waals surface area contributed by atoms with E-state index in [9.17, 15) is 25.2 Å². The van der Waals surface area contributed by atoms with Gasteiger partial charge in [-0.15, -0.1) is 0 Å². The van der Waals surface area contributed by atoms with Gasteiger partial charge >= 0.3 is 0 Å². The molecule has 9 rings (SSSR count). The van der Waals surface area contributed by atoms with E-state index in [-0.39, 0.29) is 23.0 Å². The molecule has 1 aromatic heterocycles. The largest absolute Gasteiger partial charge is 0.504 e. The molecule has 4 aliphatic heterocycles. The fourth-order valence-corrected chi connectivity index (χ4v) is 11.1. The predicted molar refractivity (Wildman–Crippen MR) is 188 cm³/mol. The number of ketones is 2. The second kappa shape index (κ2) is 11.0. The Bertz CT molecular complexity index is 2150. The molecule has 5 heterocycles. The quantitative estimate of drug-likeness (QED) is 0.0947. The standard InChI is InChI=1S/C41H44N2O9/c1-16-9-8-11-22-38-40(5,52-38)19(4)29-24(14-20-15-42-23-12-7-6-10-21(20)23)43-39(50)41(22,29)37(49)28-27(32(46)30(44)17(2)13-16)36-26-25(35(28)51-36)18(3)31(45)34(48)33(26)47/h6-8,10-13,15-16,19,22,24,27-30,35-36,38,42,44-45,47-48H,9,14H2,1-5H3,(H,43,50)/b11-8+,17-13-/t16?,19?,22?,24?,27?,28?,29?,30?,35-,36+,38?,40?,41?/m1/s1. The molecule has 4 fully saturated rings. The summed E-state index contributed by atoms with van der Waals surface area (Å²) in [6.45, 7) is 9.30. The van der Waals surface area contributed by atoms with Gasteiger partial charge in [-0.1, -0.05) is 50.3 Å². The Morgan fingerprint density at radius 1 is 0.962 bits per heavy atom. The van der Waals surface area contributed by atoms with Crippen molar-refractivity contribution in [2.45, 2.75) is 83.5 Å². The highest BCUT2D eigenvalue weighted by atomic mass is 16.6. The second-order valence-electron chi connectivity index (χ2n) is 16.3. The van der Waals surface area contributed by atoms with Crippen molar-refractivity contribution in [1.82, 2.24) is 10.3 Å². The summed E-state index contributed by atoms with van der Waals surface area (Å²) in [5, 5.41) is 48.5. The zero-order valence-electron chi connectivity index (χ0n) is 29.7. The summed E-state index contributed by atoms with van der Waals surface area (Å²) in [6.07, 6.45) is 4.37. The summed E-state index contributed by atoms with van der Waals surface area (Å²) < 4.78 is 13.0. The summed E-state index contributed by atoms with van der Waals surface area (Å²) in [7, 11) is 0. The summed E-state index contributed by atoms with van der Waals surface area (Å²) in [6, 6.07) is 7.49. The fraction of sp³-hybridized carbons (Fsp3) is 0.488. The first-order valence-electron chi connectivity index (χ1n) is 18.3. The number of phenolic OH excluding ortho intramolecular Hbond substituents is 3. The highest BCUT2D eigenvalue weighted by Crippen LogP contribution is 2.70. The summed E-state index contributed by atoms with van der Waals surface area (Å²) in [4.78, 5) is 49.0. The van der Waals surface area contributed by atoms with E-state index < -0.39 is 99.9 Å². The fourth-order valence-electron chi connectivity index (χ4n) is 11.1. The molecule has 11 heteroatoms. The molecular weight excluding hydrogens is 664 g/mol. The third-order valence-corrected chi connectivity index (χ3v) is 13.7. The molecule has 11 nitrogen and oxygen atoms in total. The van der Waals surface area contributed by atoms with Crippen molar-refractivity contribution in [2.75, 3.05) is 0 Å². The van der Waals surface area contributed by atoms with Gasteiger partial charge < -0.3 is 40.2 Å². The van der Waals surface area contributed by atoms with Gasteiger partial charge in [0, 0.05) is 46.1 Å². The highest BCUT2D eigenvalue weighted by molar-refractivity contribution is 6.12. The van der Waals surface area contributed by atoms with Crippen LogP contribution in [0.15, 0.2) is 54.3 Å². The minimum atomic E-state index is -1.68. The molecule has 272 valence electrons. The molecule has 1 spiro atoms. The summed E-state index contributed by atoms with van der Waals surface area (Å²) >= 11 is 0. The smallest absolute Gasteiger partial charge is 0.235 e. The maximum Gasteiger partial charge on any atom is 0.235 e. The number of aromatic nitrogens is 1. The number of epoxide rings is 1. The number of benzene rings is 2. The first-order chi connectivity index (χ1) is 24.7. The Kier molecular flexibility index (Phi) is 7.09. The van der Waals surface area contributed by atoms with Crippen LogP contribution in [0.2, 0.25) is 0 Å². The number of aliphatic hydroxyl groups excluding tert-OH is 1. The molecular formula is C41H44N2O9. The van der Waals surface area contributed by atoms with Crippen molar-refractivity contribution < 1.29 is 44.3 Å². The topological polar surface area (TPSA) is 182 Å². The van der Waals surface area contributed by atoms with Gasteiger partial charge in [0.15, 0.2) is 23.1 Å². The SMILES string of the molecule is C/C1=C/C(C)C/C=C/C2C3OC3(C)C(C)C3C(Cc4c[nH]c5ccccc45)NC(=O)C23C(=O)C2C(C(=O)C1O)[C@H]1O[C@@H]2c2c(C)c(O)c(O)c(O)c21. The van der Waals surface area contributed by atoms with E-state index in [1.54, 1.807) is 13.8 Å². The van der Waals surface area contributed by atoms with Crippen molar-refractivity contribution in [3.05, 3.63) is 76.5 Å². The van der Waals surface area contributed by atoms with Gasteiger partial charge in [0.2, 0.25) is 11.7 Å². The third-order valence-electron chi connectivity index (χ3n) is 13.7. The first-order valence-corrected chi connectivity index (χ1v) is 18.3. The third kappa shape index (κ3) is 4.10. The van der Waals surface area contributed by atoms with Crippen LogP contribution in [0, 0.1) is 47.8 Å². The first kappa shape index (κ1) is 33.4. The van der Waals surface area contributed by atoms with Gasteiger partial charge in [0.1, 0.15) is 11.5 Å². The van der Waals surface area contributed by atoms with Crippen LogP contribution in [0.1, 0.15) is 68.6 Å². The number of para-hydroxylation sites is 1. The number of H-pyrrole nitrogens is 1. The maximum absolute atomic E-state index is 16.0. The van der Waals surface area contributed by atoms with E-state index in [1.165, 1.54) is 0 Å². The number of amides is 1. The number of hydrogen-bond acceptors (Lipinski definition) is 9. The molecule has 6 N–H and O–H groups in total. The van der Waals surface area contributed by atoms with E-state index in [4.69, 9.17) is 9.47 Å². The Morgan fingerprint density at radius 2 is 1.69 bits per heavy atom. The van der Waals surface area contributed by atoms with E-state index in [0.717, 1.165) is 16.5 Å². The van der Waals surface area contributed by atoms with Gasteiger partial charge in [0.05, 0.1) is 35.7 Å². The lowest BCUT2D eigenvalue weighted by molar-refractivity contribution is -0.155. The van der Waals surface area contributed by atoms with Gasteiger partial charge in [-0.05, 0) is 68.2 Å². The molecule has 1 amide bonds. The van der Waals surface area contributed by atoms with E-state index >= 15 is 9.59 Å². The molecule has 1 saturated carbocycles. The Balaban J connectivity index is 1.26. The zero-order chi connectivity index (χ0) is 36.8. The summed E-state index contributed by atoms with van der Waals surface area (Å²) in [5.41, 5.74) is 0.746. The van der Waals surface area contributed by atoms with Crippen LogP contribution in [0.5, 0.6) is 17.2 Å². The monoisotopic (exact) mass is 708 g/mol. The van der Waals surface area contributed by atoms with Crippen LogP contribution in [-0.2, 0) is 30.3 Å². The van der Waals surface area contributed by atoms with Crippen molar-refractivity contribution in [2.24, 2.45) is 40.9 Å². The van der Waals surface area contributed by atoms with Gasteiger partial charge in [-0.25, -0.2) is 0 Å². The number of rotatable bonds is 2.